The monoisotopic (exact) mass is 319 g/mol. The summed E-state index contributed by atoms with van der Waals surface area (Å²) >= 11 is 0. The van der Waals surface area contributed by atoms with Gasteiger partial charge in [-0.1, -0.05) is 18.2 Å². The van der Waals surface area contributed by atoms with Crippen molar-refractivity contribution in [3.63, 3.8) is 0 Å². The second kappa shape index (κ2) is 5.88. The van der Waals surface area contributed by atoms with Gasteiger partial charge in [0.25, 0.3) is 5.91 Å². The molecule has 0 unspecified atom stereocenters. The third kappa shape index (κ3) is 2.56. The highest BCUT2D eigenvalue weighted by Gasteiger charge is 2.24. The number of aryl methyl sites for hydroxylation is 2. The predicted molar refractivity (Wildman–Crippen MR) is 90.3 cm³/mol. The van der Waals surface area contributed by atoms with E-state index in [1.54, 1.807) is 22.0 Å². The highest BCUT2D eigenvalue weighted by molar-refractivity contribution is 6.05. The molecule has 6 nitrogen and oxygen atoms in total. The zero-order valence-corrected chi connectivity index (χ0v) is 13.4. The van der Waals surface area contributed by atoms with E-state index in [4.69, 9.17) is 0 Å². The molecule has 2 aromatic heterocycles. The maximum atomic E-state index is 12.9. The first-order valence-electron chi connectivity index (χ1n) is 7.96. The molecule has 1 aliphatic heterocycles. The third-order valence-electron chi connectivity index (χ3n) is 4.14. The summed E-state index contributed by atoms with van der Waals surface area (Å²) in [5, 5.41) is 4.22. The van der Waals surface area contributed by atoms with Gasteiger partial charge in [0.2, 0.25) is 0 Å². The summed E-state index contributed by atoms with van der Waals surface area (Å²) in [6.45, 7) is 2.65. The molecular weight excluding hydrogens is 302 g/mol. The van der Waals surface area contributed by atoms with Gasteiger partial charge in [0.05, 0.1) is 18.6 Å². The van der Waals surface area contributed by atoms with Crippen LogP contribution in [0.4, 0.5) is 5.69 Å². The standard InChI is InChI=1S/C18H17N5O/c1-13-9-20-23(12-13)17-11-19-10-15(21-17)18(24)22-8-4-6-14-5-2-3-7-16(14)22/h2-3,5,7,9-12H,4,6,8H2,1H3. The van der Waals surface area contributed by atoms with Crippen molar-refractivity contribution in [2.45, 2.75) is 19.8 Å². The summed E-state index contributed by atoms with van der Waals surface area (Å²) in [7, 11) is 0. The van der Waals surface area contributed by atoms with Crippen LogP contribution in [0.25, 0.3) is 5.82 Å². The molecule has 1 aromatic carbocycles. The normalized spacial score (nSPS) is 13.6. The van der Waals surface area contributed by atoms with Crippen molar-refractivity contribution >= 4 is 11.6 Å². The number of rotatable bonds is 2. The van der Waals surface area contributed by atoms with Crippen LogP contribution in [-0.4, -0.2) is 32.2 Å². The van der Waals surface area contributed by atoms with E-state index in [2.05, 4.69) is 21.1 Å². The van der Waals surface area contributed by atoms with Crippen LogP contribution in [0.1, 0.15) is 28.0 Å². The minimum atomic E-state index is -0.125. The first-order chi connectivity index (χ1) is 11.7. The summed E-state index contributed by atoms with van der Waals surface area (Å²) < 4.78 is 1.63. The van der Waals surface area contributed by atoms with E-state index in [1.165, 1.54) is 11.8 Å². The molecule has 3 heterocycles. The molecule has 0 fully saturated rings. The van der Waals surface area contributed by atoms with Crippen LogP contribution in [0.3, 0.4) is 0 Å². The second-order valence-corrected chi connectivity index (χ2v) is 5.91. The van der Waals surface area contributed by atoms with Crippen LogP contribution in [0.2, 0.25) is 0 Å². The maximum Gasteiger partial charge on any atom is 0.278 e. The lowest BCUT2D eigenvalue weighted by atomic mass is 10.0. The van der Waals surface area contributed by atoms with E-state index < -0.39 is 0 Å². The van der Waals surface area contributed by atoms with Gasteiger partial charge < -0.3 is 4.90 Å². The van der Waals surface area contributed by atoms with Crippen LogP contribution in [0.5, 0.6) is 0 Å². The third-order valence-corrected chi connectivity index (χ3v) is 4.14. The summed E-state index contributed by atoms with van der Waals surface area (Å²) in [5.74, 6) is 0.416. The summed E-state index contributed by atoms with van der Waals surface area (Å²) in [6.07, 6.45) is 8.67. The number of benzene rings is 1. The molecule has 0 spiro atoms. The van der Waals surface area contributed by atoms with E-state index in [9.17, 15) is 4.79 Å². The van der Waals surface area contributed by atoms with Crippen molar-refractivity contribution in [3.8, 4) is 5.82 Å². The molecule has 0 radical (unpaired) electrons. The minimum Gasteiger partial charge on any atom is -0.307 e. The molecule has 0 aliphatic carbocycles. The van der Waals surface area contributed by atoms with E-state index >= 15 is 0 Å². The highest BCUT2D eigenvalue weighted by Crippen LogP contribution is 2.27. The van der Waals surface area contributed by atoms with Gasteiger partial charge in [-0.15, -0.1) is 0 Å². The predicted octanol–water partition coefficient (Wildman–Crippen LogP) is 2.56. The molecule has 4 rings (SSSR count). The number of hydrogen-bond acceptors (Lipinski definition) is 4. The molecule has 120 valence electrons. The number of carbonyl (C=O) groups excluding carboxylic acids is 1. The van der Waals surface area contributed by atoms with Gasteiger partial charge in [0.1, 0.15) is 5.69 Å². The second-order valence-electron chi connectivity index (χ2n) is 5.91. The Morgan fingerprint density at radius 1 is 1.17 bits per heavy atom. The Hall–Kier alpha value is -3.02. The fourth-order valence-electron chi connectivity index (χ4n) is 2.99. The van der Waals surface area contributed by atoms with Crippen LogP contribution in [-0.2, 0) is 6.42 Å². The van der Waals surface area contributed by atoms with Crippen molar-refractivity contribution < 1.29 is 4.79 Å². The molecule has 0 saturated heterocycles. The number of fused-ring (bicyclic) bond motifs is 1. The van der Waals surface area contributed by atoms with E-state index in [0.717, 1.165) is 24.1 Å². The molecule has 0 atom stereocenters. The Labute approximate surface area is 139 Å². The molecule has 1 aliphatic rings. The van der Waals surface area contributed by atoms with Crippen LogP contribution < -0.4 is 4.90 Å². The summed E-state index contributed by atoms with van der Waals surface area (Å²) in [4.78, 5) is 23.4. The lowest BCUT2D eigenvalue weighted by molar-refractivity contribution is 0.0980. The molecule has 1 amide bonds. The molecule has 24 heavy (non-hydrogen) atoms. The molecular formula is C18H17N5O. The fraction of sp³-hybridized carbons (Fsp3) is 0.222. The van der Waals surface area contributed by atoms with Gasteiger partial charge in [-0.3, -0.25) is 9.78 Å². The van der Waals surface area contributed by atoms with E-state index in [-0.39, 0.29) is 5.91 Å². The van der Waals surface area contributed by atoms with Crippen LogP contribution in [0, 0.1) is 6.92 Å². The number of aromatic nitrogens is 4. The number of hydrogen-bond donors (Lipinski definition) is 0. The number of anilines is 1. The number of carbonyl (C=O) groups is 1. The van der Waals surface area contributed by atoms with Crippen molar-refractivity contribution in [2.75, 3.05) is 11.4 Å². The lowest BCUT2D eigenvalue weighted by Gasteiger charge is -2.29. The van der Waals surface area contributed by atoms with Crippen molar-refractivity contribution in [3.05, 3.63) is 65.9 Å². The van der Waals surface area contributed by atoms with Crippen LogP contribution in [0.15, 0.2) is 49.1 Å². The smallest absolute Gasteiger partial charge is 0.278 e. The van der Waals surface area contributed by atoms with Crippen molar-refractivity contribution in [1.82, 2.24) is 19.7 Å². The Morgan fingerprint density at radius 3 is 2.88 bits per heavy atom. The minimum absolute atomic E-state index is 0.125. The van der Waals surface area contributed by atoms with Gasteiger partial charge in [0, 0.05) is 18.4 Å². The Kier molecular flexibility index (Phi) is 3.57. The van der Waals surface area contributed by atoms with Gasteiger partial charge in [-0.05, 0) is 37.0 Å². The van der Waals surface area contributed by atoms with Crippen molar-refractivity contribution in [2.24, 2.45) is 0 Å². The Morgan fingerprint density at radius 2 is 2.04 bits per heavy atom. The SMILES string of the molecule is Cc1cnn(-c2cncc(C(=O)N3CCCc4ccccc43)n2)c1. The molecule has 0 bridgehead atoms. The van der Waals surface area contributed by atoms with Gasteiger partial charge in [0.15, 0.2) is 5.82 Å². The lowest BCUT2D eigenvalue weighted by Crippen LogP contribution is -2.36. The topological polar surface area (TPSA) is 63.9 Å². The van der Waals surface area contributed by atoms with Gasteiger partial charge in [-0.2, -0.15) is 5.10 Å². The quantitative estimate of drug-likeness (QED) is 0.728. The number of nitrogens with zero attached hydrogens (tertiary/aromatic N) is 5. The van der Waals surface area contributed by atoms with E-state index in [1.807, 2.05) is 31.3 Å². The molecule has 3 aromatic rings. The molecule has 0 N–H and O–H groups in total. The molecule has 0 saturated carbocycles. The average Bonchev–Trinajstić information content (AvgIpc) is 3.07. The summed E-state index contributed by atoms with van der Waals surface area (Å²) in [5.41, 5.74) is 3.52. The molecule has 6 heteroatoms. The maximum absolute atomic E-state index is 12.9. The first kappa shape index (κ1) is 14.6. The van der Waals surface area contributed by atoms with Gasteiger partial charge in [-0.25, -0.2) is 9.67 Å². The first-order valence-corrected chi connectivity index (χ1v) is 7.96. The summed E-state index contributed by atoms with van der Waals surface area (Å²) in [6, 6.07) is 8.02. The fourth-order valence-corrected chi connectivity index (χ4v) is 2.99. The van der Waals surface area contributed by atoms with Crippen molar-refractivity contribution in [1.29, 1.82) is 0 Å². The van der Waals surface area contributed by atoms with E-state index in [0.29, 0.717) is 18.1 Å². The van der Waals surface area contributed by atoms with Crippen LogP contribution >= 0.6 is 0 Å². The average molecular weight is 319 g/mol. The largest absolute Gasteiger partial charge is 0.307 e. The van der Waals surface area contributed by atoms with Gasteiger partial charge >= 0.3 is 0 Å². The zero-order valence-electron chi connectivity index (χ0n) is 13.4. The Balaban J connectivity index is 1.69. The highest BCUT2D eigenvalue weighted by atomic mass is 16.2. The number of amides is 1. The zero-order chi connectivity index (χ0) is 16.5. The number of para-hydroxylation sites is 1. The Bertz CT molecular complexity index is 902.